The van der Waals surface area contributed by atoms with Gasteiger partial charge in [-0.05, 0) is 92.4 Å². The van der Waals surface area contributed by atoms with Crippen molar-refractivity contribution in [3.05, 3.63) is 131 Å². The number of nitrogens with zero attached hydrogens (tertiary/aromatic N) is 3. The largest absolute Gasteiger partial charge is 0.309 e. The summed E-state index contributed by atoms with van der Waals surface area (Å²) in [6.45, 7) is 13.8. The predicted molar refractivity (Wildman–Crippen MR) is 183 cm³/mol. The molecule has 0 unspecified atom stereocenters. The zero-order chi connectivity index (χ0) is 29.7. The molecular formula is C39H35N3S. The Balaban J connectivity index is 1.32. The Morgan fingerprint density at radius 2 is 1.40 bits per heavy atom. The lowest BCUT2D eigenvalue weighted by Crippen LogP contribution is -2.47. The Morgan fingerprint density at radius 3 is 2.21 bits per heavy atom. The first-order valence-corrected chi connectivity index (χ1v) is 15.9. The lowest BCUT2D eigenvalue weighted by molar-refractivity contribution is 0.264. The van der Waals surface area contributed by atoms with Crippen LogP contribution in [0, 0.1) is 13.8 Å². The van der Waals surface area contributed by atoms with E-state index in [1.807, 2.05) is 24.0 Å². The first-order valence-electron chi connectivity index (χ1n) is 15.1. The van der Waals surface area contributed by atoms with Crippen molar-refractivity contribution in [1.82, 2.24) is 9.55 Å². The van der Waals surface area contributed by atoms with Gasteiger partial charge in [-0.25, -0.2) is 0 Å². The van der Waals surface area contributed by atoms with E-state index in [9.17, 15) is 0 Å². The normalized spacial score (nSPS) is 22.1. The number of hydrogen-bond acceptors (Lipinski definition) is 3. The van der Waals surface area contributed by atoms with Gasteiger partial charge in [0.05, 0.1) is 32.1 Å². The predicted octanol–water partition coefficient (Wildman–Crippen LogP) is 9.92. The van der Waals surface area contributed by atoms with E-state index in [1.165, 1.54) is 49.6 Å². The fraction of sp³-hybridized carbons (Fsp3) is 0.231. The van der Waals surface area contributed by atoms with Gasteiger partial charge in [0, 0.05) is 39.2 Å². The molecule has 0 saturated carbocycles. The van der Waals surface area contributed by atoms with E-state index in [4.69, 9.17) is 9.98 Å². The van der Waals surface area contributed by atoms with E-state index < -0.39 is 0 Å². The van der Waals surface area contributed by atoms with Crippen LogP contribution in [0.4, 0.5) is 0 Å². The van der Waals surface area contributed by atoms with Gasteiger partial charge < -0.3 is 4.57 Å². The minimum absolute atomic E-state index is 0.0766. The van der Waals surface area contributed by atoms with Gasteiger partial charge in [0.25, 0.3) is 0 Å². The Morgan fingerprint density at radius 1 is 0.651 bits per heavy atom. The highest BCUT2D eigenvalue weighted by Gasteiger charge is 2.65. The minimum Gasteiger partial charge on any atom is -0.309 e. The molecule has 6 aromatic rings. The smallest absolute Gasteiger partial charge is 0.0995 e. The summed E-state index contributed by atoms with van der Waals surface area (Å²) < 4.78 is 2.29. The summed E-state index contributed by atoms with van der Waals surface area (Å²) in [5.74, 6) is 0. The maximum absolute atomic E-state index is 5.60. The van der Waals surface area contributed by atoms with Crippen LogP contribution in [-0.4, -0.2) is 20.1 Å². The number of hydrogen-bond donors (Lipinski definition) is 0. The van der Waals surface area contributed by atoms with Gasteiger partial charge in [-0.3, -0.25) is 9.98 Å². The zero-order valence-electron chi connectivity index (χ0n) is 25.6. The number of benzene rings is 4. The lowest BCUT2D eigenvalue weighted by Gasteiger charge is -2.40. The second kappa shape index (κ2) is 8.93. The summed E-state index contributed by atoms with van der Waals surface area (Å²) in [6, 6.07) is 35.6. The van der Waals surface area contributed by atoms with Crippen molar-refractivity contribution in [2.75, 3.05) is 0 Å². The molecule has 212 valence electrons. The van der Waals surface area contributed by atoms with Crippen molar-refractivity contribution < 1.29 is 0 Å². The molecule has 2 aromatic heterocycles. The number of aliphatic imine (C=N–C) groups is 1. The molecular weight excluding hydrogens is 543 g/mol. The number of pyridine rings is 1. The number of aromatic nitrogens is 2. The molecule has 0 amide bonds. The molecule has 3 heterocycles. The maximum atomic E-state index is 5.60. The number of rotatable bonds is 3. The van der Waals surface area contributed by atoms with Crippen LogP contribution >= 0.6 is 11.8 Å². The van der Waals surface area contributed by atoms with Gasteiger partial charge >= 0.3 is 0 Å². The fourth-order valence-corrected chi connectivity index (χ4v) is 9.26. The van der Waals surface area contributed by atoms with Gasteiger partial charge in [-0.15, -0.1) is 0 Å². The van der Waals surface area contributed by atoms with E-state index in [1.54, 1.807) is 0 Å². The van der Waals surface area contributed by atoms with Crippen LogP contribution in [0.5, 0.6) is 0 Å². The van der Waals surface area contributed by atoms with Crippen molar-refractivity contribution in [2.45, 2.75) is 57.2 Å². The SMILES string of the molecule is Cc1cc(C2=N[C@]3(C)C(C)(C)c4ccccc4[C@]3(C)S2)cc(-n2c3ccccc3c3ccc(-c4cc(C)ccn4)cc32)c1. The number of para-hydroxylation sites is 1. The Bertz CT molecular complexity index is 2150. The van der Waals surface area contributed by atoms with Crippen LogP contribution in [-0.2, 0) is 10.2 Å². The van der Waals surface area contributed by atoms with E-state index in [-0.39, 0.29) is 15.7 Å². The highest BCUT2D eigenvalue weighted by Crippen LogP contribution is 2.66. The number of aryl methyl sites for hydroxylation is 2. The van der Waals surface area contributed by atoms with E-state index in [2.05, 4.69) is 137 Å². The Hall–Kier alpha value is -4.15. The standard InChI is InChI=1S/C39H35N3S/c1-24-17-18-40-33(21-24)26-15-16-30-29-11-7-10-14-34(29)42(35(30)23-26)28-20-25(2)19-27(22-28)36-41-39(6)37(3,4)31-12-8-9-13-32(31)38(39,5)43-36/h7-23H,1-6H3/t38-,39+/m0/s1. The van der Waals surface area contributed by atoms with Crippen LogP contribution in [0.2, 0.25) is 0 Å². The van der Waals surface area contributed by atoms with Gasteiger partial charge in [-0.1, -0.05) is 80.2 Å². The summed E-state index contributed by atoms with van der Waals surface area (Å²) in [5, 5.41) is 3.63. The fourth-order valence-electron chi connectivity index (χ4n) is 7.63. The van der Waals surface area contributed by atoms with Crippen molar-refractivity contribution in [3.8, 4) is 16.9 Å². The van der Waals surface area contributed by atoms with Crippen LogP contribution in [0.3, 0.4) is 0 Å². The Kier molecular flexibility index (Phi) is 5.50. The van der Waals surface area contributed by atoms with Crippen LogP contribution in [0.25, 0.3) is 38.8 Å². The summed E-state index contributed by atoms with van der Waals surface area (Å²) in [4.78, 5) is 10.3. The van der Waals surface area contributed by atoms with E-state index in [0.717, 1.165) is 22.0 Å². The molecule has 0 bridgehead atoms. The molecule has 2 aliphatic rings. The second-order valence-corrected chi connectivity index (χ2v) is 14.6. The van der Waals surface area contributed by atoms with Crippen molar-refractivity contribution >= 4 is 38.6 Å². The lowest BCUT2D eigenvalue weighted by atomic mass is 9.71. The van der Waals surface area contributed by atoms with Crippen molar-refractivity contribution in [3.63, 3.8) is 0 Å². The molecule has 1 aliphatic heterocycles. The third-order valence-corrected chi connectivity index (χ3v) is 11.9. The topological polar surface area (TPSA) is 30.2 Å². The monoisotopic (exact) mass is 577 g/mol. The molecule has 4 heteroatoms. The number of thioether (sulfide) groups is 1. The molecule has 1 aliphatic carbocycles. The summed E-state index contributed by atoms with van der Waals surface area (Å²) >= 11 is 1.94. The molecule has 4 aromatic carbocycles. The van der Waals surface area contributed by atoms with E-state index >= 15 is 0 Å². The molecule has 0 fully saturated rings. The van der Waals surface area contributed by atoms with Gasteiger partial charge in [-0.2, -0.15) is 0 Å². The van der Waals surface area contributed by atoms with Crippen LogP contribution in [0.1, 0.15) is 55.5 Å². The third-order valence-electron chi connectivity index (χ3n) is 10.3. The van der Waals surface area contributed by atoms with E-state index in [0.29, 0.717) is 0 Å². The summed E-state index contributed by atoms with van der Waals surface area (Å²) in [7, 11) is 0. The average Bonchev–Trinajstić information content (AvgIpc) is 3.53. The second-order valence-electron chi connectivity index (χ2n) is 13.2. The third kappa shape index (κ3) is 3.56. The highest BCUT2D eigenvalue weighted by atomic mass is 32.2. The molecule has 0 radical (unpaired) electrons. The van der Waals surface area contributed by atoms with Crippen LogP contribution in [0.15, 0.2) is 108 Å². The van der Waals surface area contributed by atoms with Crippen molar-refractivity contribution in [2.24, 2.45) is 4.99 Å². The zero-order valence-corrected chi connectivity index (χ0v) is 26.4. The quantitative estimate of drug-likeness (QED) is 0.210. The number of fused-ring (bicyclic) bond motifs is 6. The summed E-state index contributed by atoms with van der Waals surface area (Å²) in [5.41, 5.74) is 11.8. The molecule has 8 rings (SSSR count). The van der Waals surface area contributed by atoms with Gasteiger partial charge in [0.15, 0.2) is 0 Å². The molecule has 43 heavy (non-hydrogen) atoms. The van der Waals surface area contributed by atoms with Crippen molar-refractivity contribution in [1.29, 1.82) is 0 Å². The van der Waals surface area contributed by atoms with Gasteiger partial charge in [0.2, 0.25) is 0 Å². The highest BCUT2D eigenvalue weighted by molar-refractivity contribution is 8.15. The minimum atomic E-state index is -0.254. The maximum Gasteiger partial charge on any atom is 0.0995 e. The molecule has 0 saturated heterocycles. The Labute approximate surface area is 257 Å². The molecule has 2 atom stereocenters. The first-order chi connectivity index (χ1) is 20.6. The molecule has 0 spiro atoms. The first kappa shape index (κ1) is 26.5. The van der Waals surface area contributed by atoms with Gasteiger partial charge in [0.1, 0.15) is 0 Å². The molecule has 3 nitrogen and oxygen atoms in total. The summed E-state index contributed by atoms with van der Waals surface area (Å²) in [6.07, 6.45) is 1.90. The van der Waals surface area contributed by atoms with Crippen LogP contribution < -0.4 is 0 Å². The average molecular weight is 578 g/mol. The molecule has 0 N–H and O–H groups in total.